The number of nitrogens with one attached hydrogen (secondary N) is 2. The van der Waals surface area contributed by atoms with Crippen molar-refractivity contribution in [1.82, 2.24) is 10.2 Å². The van der Waals surface area contributed by atoms with Gasteiger partial charge in [-0.05, 0) is 44.5 Å². The third-order valence-electron chi connectivity index (χ3n) is 3.69. The van der Waals surface area contributed by atoms with Gasteiger partial charge in [0.15, 0.2) is 4.34 Å². The first-order valence-electron chi connectivity index (χ1n) is 8.22. The molecule has 0 fully saturated rings. The Morgan fingerprint density at radius 1 is 1.18 bits per heavy atom. The summed E-state index contributed by atoms with van der Waals surface area (Å²) in [4.78, 5) is 24.4. The first kappa shape index (κ1) is 20.4. The average molecular weight is 437 g/mol. The summed E-state index contributed by atoms with van der Waals surface area (Å²) in [5.41, 5.74) is 2.04. The number of thioether (sulfide) groups is 1. The maximum Gasteiger partial charge on any atom is 0.261 e. The van der Waals surface area contributed by atoms with Gasteiger partial charge in [-0.3, -0.25) is 14.9 Å². The highest BCUT2D eigenvalue weighted by atomic mass is 35.5. The Bertz CT molecular complexity index is 1030. The van der Waals surface area contributed by atoms with Crippen LogP contribution in [0.3, 0.4) is 0 Å². The standard InChI is InChI=1S/C18H17ClN4O3S2/c1-9-4-5-12(7-14(9)19)20-15(24)8-27-18-23-22-17(28-18)21-16(25)13-6-10(2)26-11(13)3/h4-7H,8H2,1-3H3,(H,20,24)(H,21,22,25). The van der Waals surface area contributed by atoms with Crippen LogP contribution >= 0.6 is 34.7 Å². The molecular weight excluding hydrogens is 420 g/mol. The Morgan fingerprint density at radius 3 is 2.64 bits per heavy atom. The molecule has 2 N–H and O–H groups in total. The molecule has 146 valence electrons. The monoisotopic (exact) mass is 436 g/mol. The molecule has 0 saturated carbocycles. The topological polar surface area (TPSA) is 97.1 Å². The van der Waals surface area contributed by atoms with Crippen LogP contribution in [0.4, 0.5) is 10.8 Å². The van der Waals surface area contributed by atoms with Crippen LogP contribution in [0.2, 0.25) is 5.02 Å². The van der Waals surface area contributed by atoms with Crippen LogP contribution in [0.5, 0.6) is 0 Å². The minimum Gasteiger partial charge on any atom is -0.466 e. The van der Waals surface area contributed by atoms with Gasteiger partial charge in [-0.25, -0.2) is 0 Å². The van der Waals surface area contributed by atoms with Crippen molar-refractivity contribution in [3.63, 3.8) is 0 Å². The smallest absolute Gasteiger partial charge is 0.261 e. The molecule has 0 saturated heterocycles. The van der Waals surface area contributed by atoms with E-state index in [0.717, 1.165) is 5.56 Å². The molecule has 10 heteroatoms. The zero-order chi connectivity index (χ0) is 20.3. The summed E-state index contributed by atoms with van der Waals surface area (Å²) in [7, 11) is 0. The number of benzene rings is 1. The van der Waals surface area contributed by atoms with Gasteiger partial charge in [-0.2, -0.15) is 0 Å². The largest absolute Gasteiger partial charge is 0.466 e. The fourth-order valence-electron chi connectivity index (χ4n) is 2.33. The number of hydrogen-bond acceptors (Lipinski definition) is 7. The SMILES string of the molecule is Cc1cc(C(=O)Nc2nnc(SCC(=O)Nc3ccc(C)c(Cl)c3)s2)c(C)o1. The maximum atomic E-state index is 12.3. The molecule has 0 bridgehead atoms. The van der Waals surface area contributed by atoms with Gasteiger partial charge in [0.2, 0.25) is 11.0 Å². The van der Waals surface area contributed by atoms with E-state index in [1.807, 2.05) is 13.0 Å². The van der Waals surface area contributed by atoms with E-state index in [0.29, 0.717) is 37.3 Å². The molecule has 0 aliphatic carbocycles. The Balaban J connectivity index is 1.52. The lowest BCUT2D eigenvalue weighted by Gasteiger charge is -2.05. The van der Waals surface area contributed by atoms with Crippen molar-refractivity contribution in [2.45, 2.75) is 25.1 Å². The fraction of sp³-hybridized carbons (Fsp3) is 0.222. The van der Waals surface area contributed by atoms with E-state index < -0.39 is 0 Å². The van der Waals surface area contributed by atoms with Gasteiger partial charge < -0.3 is 9.73 Å². The highest BCUT2D eigenvalue weighted by molar-refractivity contribution is 8.01. The van der Waals surface area contributed by atoms with E-state index in [1.54, 1.807) is 32.0 Å². The lowest BCUT2D eigenvalue weighted by atomic mass is 10.2. The zero-order valence-corrected chi connectivity index (χ0v) is 17.7. The number of hydrogen-bond donors (Lipinski definition) is 2. The number of nitrogens with zero attached hydrogens (tertiary/aromatic N) is 2. The molecule has 0 radical (unpaired) electrons. The number of carbonyl (C=O) groups is 2. The van der Waals surface area contributed by atoms with Gasteiger partial charge >= 0.3 is 0 Å². The fourth-order valence-corrected chi connectivity index (χ4v) is 4.06. The summed E-state index contributed by atoms with van der Waals surface area (Å²) in [6.07, 6.45) is 0. The predicted molar refractivity (Wildman–Crippen MR) is 112 cm³/mol. The van der Waals surface area contributed by atoms with Crippen LogP contribution < -0.4 is 10.6 Å². The molecule has 28 heavy (non-hydrogen) atoms. The first-order valence-corrected chi connectivity index (χ1v) is 10.4. The van der Waals surface area contributed by atoms with Crippen LogP contribution in [-0.4, -0.2) is 27.8 Å². The Hall–Kier alpha value is -2.36. The summed E-state index contributed by atoms with van der Waals surface area (Å²) < 4.78 is 5.93. The van der Waals surface area contributed by atoms with Crippen LogP contribution in [-0.2, 0) is 4.79 Å². The number of furan rings is 1. The second-order valence-corrected chi connectivity index (χ2v) is 8.56. The van der Waals surface area contributed by atoms with Crippen molar-refractivity contribution < 1.29 is 14.0 Å². The minimum atomic E-state index is -0.309. The van der Waals surface area contributed by atoms with Crippen LogP contribution in [0.25, 0.3) is 0 Å². The molecule has 3 aromatic rings. The summed E-state index contributed by atoms with van der Waals surface area (Å²) in [5, 5.41) is 14.3. The quantitative estimate of drug-likeness (QED) is 0.429. The first-order chi connectivity index (χ1) is 13.3. The van der Waals surface area contributed by atoms with Crippen LogP contribution in [0.15, 0.2) is 33.0 Å². The Morgan fingerprint density at radius 2 is 1.96 bits per heavy atom. The Kier molecular flexibility index (Phi) is 6.38. The van der Waals surface area contributed by atoms with Crippen molar-refractivity contribution in [2.75, 3.05) is 16.4 Å². The van der Waals surface area contributed by atoms with E-state index in [2.05, 4.69) is 20.8 Å². The molecule has 2 aromatic heterocycles. The van der Waals surface area contributed by atoms with Gasteiger partial charge in [-0.15, -0.1) is 10.2 Å². The summed E-state index contributed by atoms with van der Waals surface area (Å²) in [5.74, 6) is 0.874. The van der Waals surface area contributed by atoms with Crippen molar-refractivity contribution >= 4 is 57.3 Å². The van der Waals surface area contributed by atoms with E-state index in [4.69, 9.17) is 16.0 Å². The van der Waals surface area contributed by atoms with Crippen molar-refractivity contribution in [3.05, 3.63) is 51.9 Å². The molecule has 1 aromatic carbocycles. The van der Waals surface area contributed by atoms with Gasteiger partial charge in [0, 0.05) is 10.7 Å². The third-order valence-corrected chi connectivity index (χ3v) is 6.07. The molecule has 7 nitrogen and oxygen atoms in total. The number of rotatable bonds is 6. The molecule has 0 unspecified atom stereocenters. The number of anilines is 2. The minimum absolute atomic E-state index is 0.161. The average Bonchev–Trinajstić information content (AvgIpc) is 3.22. The van der Waals surface area contributed by atoms with E-state index in [1.165, 1.54) is 23.1 Å². The van der Waals surface area contributed by atoms with E-state index >= 15 is 0 Å². The van der Waals surface area contributed by atoms with Crippen LogP contribution in [0, 0.1) is 20.8 Å². The number of carbonyl (C=O) groups excluding carboxylic acids is 2. The maximum absolute atomic E-state index is 12.3. The number of aromatic nitrogens is 2. The number of aryl methyl sites for hydroxylation is 3. The lowest BCUT2D eigenvalue weighted by molar-refractivity contribution is -0.113. The number of halogens is 1. The van der Waals surface area contributed by atoms with Crippen molar-refractivity contribution in [2.24, 2.45) is 0 Å². The van der Waals surface area contributed by atoms with Crippen molar-refractivity contribution in [1.29, 1.82) is 0 Å². The molecule has 0 aliphatic rings. The predicted octanol–water partition coefficient (Wildman–Crippen LogP) is 4.69. The zero-order valence-electron chi connectivity index (χ0n) is 15.3. The molecule has 2 heterocycles. The van der Waals surface area contributed by atoms with Crippen LogP contribution in [0.1, 0.15) is 27.4 Å². The molecule has 0 spiro atoms. The summed E-state index contributed by atoms with van der Waals surface area (Å²) >= 11 is 8.49. The van der Waals surface area contributed by atoms with Gasteiger partial charge in [0.25, 0.3) is 5.91 Å². The molecular formula is C18H17ClN4O3S2. The normalized spacial score (nSPS) is 10.7. The van der Waals surface area contributed by atoms with Crippen molar-refractivity contribution in [3.8, 4) is 0 Å². The lowest BCUT2D eigenvalue weighted by Crippen LogP contribution is -2.13. The highest BCUT2D eigenvalue weighted by Crippen LogP contribution is 2.27. The molecule has 3 rings (SSSR count). The molecule has 2 amide bonds. The second-order valence-electron chi connectivity index (χ2n) is 5.95. The Labute approximate surface area is 174 Å². The number of amides is 2. The van der Waals surface area contributed by atoms with E-state index in [-0.39, 0.29) is 17.6 Å². The molecule has 0 atom stereocenters. The van der Waals surface area contributed by atoms with Gasteiger partial charge in [0.1, 0.15) is 11.5 Å². The van der Waals surface area contributed by atoms with Gasteiger partial charge in [0.05, 0.1) is 11.3 Å². The summed E-state index contributed by atoms with van der Waals surface area (Å²) in [6.45, 7) is 5.40. The summed E-state index contributed by atoms with van der Waals surface area (Å²) in [6, 6.07) is 7.01. The third kappa shape index (κ3) is 5.12. The molecule has 0 aliphatic heterocycles. The second kappa shape index (κ2) is 8.76. The van der Waals surface area contributed by atoms with Gasteiger partial charge in [-0.1, -0.05) is 40.8 Å². The highest BCUT2D eigenvalue weighted by Gasteiger charge is 2.16. The van der Waals surface area contributed by atoms with E-state index in [9.17, 15) is 9.59 Å².